The Kier molecular flexibility index (Phi) is 3.14. The van der Waals surface area contributed by atoms with Crippen LogP contribution in [0.15, 0.2) is 212 Å². The smallest absolute Gasteiger partial charge is 0.240 e. The molecule has 11 rings (SSSR count). The first-order valence-corrected chi connectivity index (χ1v) is 18.5. The molecule has 0 fully saturated rings. The Labute approximate surface area is 378 Å². The van der Waals surface area contributed by atoms with Gasteiger partial charge < -0.3 is 0 Å². The van der Waals surface area contributed by atoms with Crippen molar-refractivity contribution in [1.29, 1.82) is 0 Å². The fraction of sp³-hybridized carbons (Fsp3) is 0. The quantitative estimate of drug-likeness (QED) is 0.120. The summed E-state index contributed by atoms with van der Waals surface area (Å²) in [5.41, 5.74) is -4.10. The molecular formula is C51H35N5Si. The lowest BCUT2D eigenvalue weighted by molar-refractivity contribution is 0.893. The predicted molar refractivity (Wildman–Crippen MR) is 238 cm³/mol. The highest BCUT2D eigenvalue weighted by Gasteiger charge is 2.41. The summed E-state index contributed by atoms with van der Waals surface area (Å²) in [6, 6.07) is -36.5. The minimum absolute atomic E-state index is 0.603. The minimum Gasteiger partial charge on any atom is -0.278 e. The molecule has 6 heteroatoms. The Morgan fingerprint density at radius 2 is 0.737 bits per heavy atom. The van der Waals surface area contributed by atoms with Crippen molar-refractivity contribution >= 4 is 72.4 Å². The van der Waals surface area contributed by atoms with Crippen LogP contribution in [0.2, 0.25) is 0 Å². The topological polar surface area (TPSA) is 48.5 Å². The van der Waals surface area contributed by atoms with Gasteiger partial charge in [0.15, 0.2) is 13.9 Å². The van der Waals surface area contributed by atoms with Gasteiger partial charge in [-0.1, -0.05) is 187 Å². The van der Waals surface area contributed by atoms with Crippen LogP contribution in [0.1, 0.15) is 46.6 Å². The average Bonchev–Trinajstić information content (AvgIpc) is 0.962. The van der Waals surface area contributed by atoms with Gasteiger partial charge in [-0.2, -0.15) is 15.0 Å². The van der Waals surface area contributed by atoms with E-state index in [0.29, 0.717) is 15.2 Å². The van der Waals surface area contributed by atoms with Gasteiger partial charge in [-0.05, 0) is 44.9 Å². The lowest BCUT2D eigenvalue weighted by Gasteiger charge is -2.34. The lowest BCUT2D eigenvalue weighted by atomic mass is 10.2. The molecule has 0 saturated carbocycles. The second-order valence-corrected chi connectivity index (χ2v) is 15.4. The van der Waals surface area contributed by atoms with Crippen molar-refractivity contribution in [3.05, 3.63) is 212 Å². The SMILES string of the molecule is [2H]c1cc([Si](c2c([2H])c([2H])c([2H])c([2H])c2[2H])(c2c([2H])c([2H])c([2H])c([2H])c2[2H])c2c([2H])c([2H])c([2H])c(-c3nc(-n4c5c([2H])c([2H])c([2H])c([2H])c5c5c([2H])c([2H])c([2H])c([2H])c54)nc(-n4c5c([2H])c([2H])c([2H])c([2H])c5c5c([2H])c([2H])c([2H])c([2H])c54)n3)c2[2H])c([2H])c([2H])c1[2H]. The number of para-hydroxylation sites is 4. The van der Waals surface area contributed by atoms with Crippen LogP contribution >= 0.6 is 0 Å². The molecule has 0 radical (unpaired) electrons. The molecule has 0 spiro atoms. The number of hydrogen-bond acceptors (Lipinski definition) is 3. The van der Waals surface area contributed by atoms with Crippen molar-refractivity contribution in [2.24, 2.45) is 0 Å². The van der Waals surface area contributed by atoms with Gasteiger partial charge in [-0.3, -0.25) is 9.13 Å². The molecule has 0 bridgehead atoms. The Bertz CT molecular complexity index is 4790. The third-order valence-electron chi connectivity index (χ3n) is 9.00. The molecule has 57 heavy (non-hydrogen) atoms. The first-order valence-electron chi connectivity index (χ1n) is 33.5. The fourth-order valence-electron chi connectivity index (χ4n) is 6.69. The third-order valence-corrected chi connectivity index (χ3v) is 13.1. The Balaban J connectivity index is 1.48. The van der Waals surface area contributed by atoms with Crippen LogP contribution in [-0.2, 0) is 0 Å². The molecule has 0 aliphatic heterocycles. The molecule has 268 valence electrons. The van der Waals surface area contributed by atoms with E-state index in [-0.39, 0.29) is 0 Å². The molecule has 0 atom stereocenters. The van der Waals surface area contributed by atoms with Gasteiger partial charge >= 0.3 is 0 Å². The summed E-state index contributed by atoms with van der Waals surface area (Å²) >= 11 is 0. The Hall–Kier alpha value is -7.41. The van der Waals surface area contributed by atoms with Crippen LogP contribution in [0.25, 0.3) is 66.9 Å². The molecule has 5 nitrogen and oxygen atoms in total. The number of nitrogens with zero attached hydrogens (tertiary/aromatic N) is 5. The first-order chi connectivity index (χ1) is 42.4. The summed E-state index contributed by atoms with van der Waals surface area (Å²) < 4.78 is 312. The van der Waals surface area contributed by atoms with Gasteiger partial charge in [-0.15, -0.1) is 0 Å². The molecule has 3 aromatic heterocycles. The average molecular weight is 780 g/mol. The van der Waals surface area contributed by atoms with E-state index >= 15 is 0 Å². The van der Waals surface area contributed by atoms with E-state index in [1.54, 1.807) is 0 Å². The highest BCUT2D eigenvalue weighted by atomic mass is 28.3. The predicted octanol–water partition coefficient (Wildman–Crippen LogP) is 9.11. The normalized spacial score (nSPS) is 20.2. The Morgan fingerprint density at radius 1 is 0.351 bits per heavy atom. The van der Waals surface area contributed by atoms with Crippen LogP contribution in [0.5, 0.6) is 0 Å². The molecule has 8 aromatic carbocycles. The summed E-state index contributed by atoms with van der Waals surface area (Å²) in [6.45, 7) is 0. The lowest BCUT2D eigenvalue weighted by Crippen LogP contribution is -2.74. The van der Waals surface area contributed by atoms with E-state index in [0.717, 1.165) is 0 Å². The van der Waals surface area contributed by atoms with Gasteiger partial charge in [-0.25, -0.2) is 0 Å². The zero-order valence-electron chi connectivity index (χ0n) is 62.3. The Morgan fingerprint density at radius 3 is 1.21 bits per heavy atom. The van der Waals surface area contributed by atoms with Gasteiger partial charge in [0.05, 0.1) is 68.7 Å². The van der Waals surface area contributed by atoms with E-state index < -0.39 is 301 Å². The van der Waals surface area contributed by atoms with Crippen molar-refractivity contribution in [2.75, 3.05) is 0 Å². The summed E-state index contributed by atoms with van der Waals surface area (Å²) in [4.78, 5) is 13.7. The van der Waals surface area contributed by atoms with E-state index in [1.807, 2.05) is 0 Å². The number of aromatic nitrogens is 5. The van der Waals surface area contributed by atoms with Crippen molar-refractivity contribution in [3.63, 3.8) is 0 Å². The van der Waals surface area contributed by atoms with Crippen LogP contribution in [0.4, 0.5) is 0 Å². The largest absolute Gasteiger partial charge is 0.278 e. The molecule has 0 unspecified atom stereocenters. The second-order valence-electron chi connectivity index (χ2n) is 11.9. The monoisotopic (exact) mass is 779 g/mol. The summed E-state index contributed by atoms with van der Waals surface area (Å²) in [7, 11) is -6.37. The molecule has 0 aliphatic carbocycles. The zero-order chi connectivity index (χ0) is 67.4. The molecule has 0 N–H and O–H groups in total. The van der Waals surface area contributed by atoms with Gasteiger partial charge in [0, 0.05) is 27.1 Å². The standard InChI is InChI=1S/C51H35N5Si/c1-4-20-37(21-5-1)57(38-22-6-2-7-23-38,39-24-8-3-9-25-39)40-26-18-19-36(35-40)49-52-50(55-45-31-14-10-27-41(45)42-28-11-15-32-46(42)55)54-51(53-49)56-47-33-16-12-29-43(47)44-30-13-17-34-48(44)56/h1-35H/i1D,2D,3D,4D,5D,6D,7D,8D,9D,10D,11D,12D,13D,14D,15D,16D,17D,18D,19D,20D,21D,22D,23D,24D,26D,27D,28D,29D,30D,31D,32D,33D,34D,35D. The molecule has 0 saturated heterocycles. The number of fused-ring (bicyclic) bond motifs is 6. The number of rotatable bonds is 7. The van der Waals surface area contributed by atoms with Gasteiger partial charge in [0.25, 0.3) is 0 Å². The molecule has 11 aromatic rings. The van der Waals surface area contributed by atoms with Crippen molar-refractivity contribution in [2.45, 2.75) is 0 Å². The van der Waals surface area contributed by atoms with Crippen LogP contribution < -0.4 is 20.7 Å². The highest BCUT2D eigenvalue weighted by Crippen LogP contribution is 2.34. The van der Waals surface area contributed by atoms with E-state index in [4.69, 9.17) is 28.8 Å². The van der Waals surface area contributed by atoms with Crippen molar-refractivity contribution in [1.82, 2.24) is 24.1 Å². The van der Waals surface area contributed by atoms with Crippen molar-refractivity contribution < 1.29 is 46.6 Å². The van der Waals surface area contributed by atoms with Crippen LogP contribution in [0.3, 0.4) is 0 Å². The number of benzene rings is 8. The van der Waals surface area contributed by atoms with Crippen molar-refractivity contribution in [3.8, 4) is 23.3 Å². The summed E-state index contributed by atoms with van der Waals surface area (Å²) in [5.74, 6) is -3.35. The summed E-state index contributed by atoms with van der Waals surface area (Å²) in [5, 5.41) is -6.85. The minimum atomic E-state index is -6.37. The maximum absolute atomic E-state index is 10.5. The number of hydrogen-bond donors (Lipinski definition) is 0. The van der Waals surface area contributed by atoms with Crippen LogP contribution in [0, 0.1) is 0 Å². The van der Waals surface area contributed by atoms with E-state index in [2.05, 4.69) is 15.0 Å². The molecule has 0 amide bonds. The summed E-state index contributed by atoms with van der Waals surface area (Å²) in [6.07, 6.45) is 0. The van der Waals surface area contributed by atoms with Crippen LogP contribution in [-0.4, -0.2) is 32.2 Å². The maximum Gasteiger partial charge on any atom is 0.240 e. The third kappa shape index (κ3) is 5.19. The maximum atomic E-state index is 10.5. The van der Waals surface area contributed by atoms with E-state index in [1.165, 1.54) is 0 Å². The fourth-order valence-corrected chi connectivity index (χ4v) is 10.3. The molecule has 3 heterocycles. The zero-order valence-corrected chi connectivity index (χ0v) is 29.3. The second kappa shape index (κ2) is 13.4. The van der Waals surface area contributed by atoms with E-state index in [9.17, 15) is 17.8 Å². The van der Waals surface area contributed by atoms with Gasteiger partial charge in [0.2, 0.25) is 11.9 Å². The molecular weight excluding hydrogens is 711 g/mol. The van der Waals surface area contributed by atoms with Gasteiger partial charge in [0.1, 0.15) is 0 Å². The molecule has 0 aliphatic rings. The highest BCUT2D eigenvalue weighted by molar-refractivity contribution is 7.19. The first kappa shape index (κ1) is 13.4.